The van der Waals surface area contributed by atoms with Crippen molar-refractivity contribution in [3.8, 4) is 0 Å². The molecule has 0 unspecified atom stereocenters. The number of nitrogens with two attached hydrogens (primary N) is 2. The molecule has 0 spiro atoms. The summed E-state index contributed by atoms with van der Waals surface area (Å²) in [5, 5.41) is 5.28. The first-order valence-electron chi connectivity index (χ1n) is 5.95. The number of piperazine rings is 1. The van der Waals surface area contributed by atoms with Crippen LogP contribution in [0, 0.1) is 0 Å². The molecule has 2 rings (SSSR count). The van der Waals surface area contributed by atoms with Gasteiger partial charge in [0.05, 0.1) is 15.6 Å². The van der Waals surface area contributed by atoms with Crippen LogP contribution in [0.4, 0.5) is 5.69 Å². The molecule has 1 aliphatic rings. The van der Waals surface area contributed by atoms with Gasteiger partial charge in [-0.15, -0.1) is 0 Å². The lowest BCUT2D eigenvalue weighted by atomic mass is 10.3. The van der Waals surface area contributed by atoms with Crippen molar-refractivity contribution < 1.29 is 16.8 Å². The second kappa shape index (κ2) is 5.71. The van der Waals surface area contributed by atoms with Crippen LogP contribution in [0.15, 0.2) is 23.1 Å². The molecule has 0 saturated carbocycles. The van der Waals surface area contributed by atoms with Crippen molar-refractivity contribution in [2.24, 2.45) is 5.14 Å². The van der Waals surface area contributed by atoms with Gasteiger partial charge in [-0.1, -0.05) is 11.6 Å². The van der Waals surface area contributed by atoms with Gasteiger partial charge in [-0.3, -0.25) is 0 Å². The minimum Gasteiger partial charge on any atom is -0.397 e. The van der Waals surface area contributed by atoms with Gasteiger partial charge in [0, 0.05) is 26.2 Å². The number of nitrogen functional groups attached to an aromatic ring is 1. The number of anilines is 1. The molecule has 0 aromatic heterocycles. The minimum absolute atomic E-state index is 0.0150. The molecule has 4 N–H and O–H groups in total. The fourth-order valence-corrected chi connectivity index (χ4v) is 4.24. The Balaban J connectivity index is 2.20. The molecule has 0 amide bonds. The van der Waals surface area contributed by atoms with Crippen molar-refractivity contribution in [1.29, 1.82) is 0 Å². The third-order valence-corrected chi connectivity index (χ3v) is 6.49. The van der Waals surface area contributed by atoms with E-state index in [1.54, 1.807) is 0 Å². The monoisotopic (exact) mass is 354 g/mol. The van der Waals surface area contributed by atoms with E-state index in [2.05, 4.69) is 0 Å². The van der Waals surface area contributed by atoms with Gasteiger partial charge in [-0.25, -0.2) is 13.6 Å². The van der Waals surface area contributed by atoms with Crippen LogP contribution in [-0.2, 0) is 20.2 Å². The van der Waals surface area contributed by atoms with Gasteiger partial charge in [0.1, 0.15) is 0 Å². The highest BCUT2D eigenvalue weighted by Crippen LogP contribution is 2.25. The predicted octanol–water partition coefficient (Wildman–Crippen LogP) is -0.568. The number of hydrogen-bond acceptors (Lipinski definition) is 5. The van der Waals surface area contributed by atoms with Crippen LogP contribution in [0.1, 0.15) is 0 Å². The quantitative estimate of drug-likeness (QED) is 0.703. The Morgan fingerprint density at radius 2 is 1.52 bits per heavy atom. The number of rotatable bonds is 3. The predicted molar refractivity (Wildman–Crippen MR) is 79.3 cm³/mol. The molecule has 1 aromatic rings. The smallest absolute Gasteiger partial charge is 0.276 e. The Morgan fingerprint density at radius 1 is 1.00 bits per heavy atom. The van der Waals surface area contributed by atoms with Gasteiger partial charge in [0.25, 0.3) is 10.2 Å². The van der Waals surface area contributed by atoms with Crippen molar-refractivity contribution in [2.45, 2.75) is 4.90 Å². The molecule has 1 aromatic carbocycles. The number of sulfonamides is 1. The van der Waals surface area contributed by atoms with E-state index in [1.807, 2.05) is 0 Å². The number of hydrogen-bond donors (Lipinski definition) is 2. The molecule has 0 aliphatic carbocycles. The van der Waals surface area contributed by atoms with Gasteiger partial charge in [0.15, 0.2) is 0 Å². The summed E-state index contributed by atoms with van der Waals surface area (Å²) in [5.74, 6) is 0. The summed E-state index contributed by atoms with van der Waals surface area (Å²) in [5.41, 5.74) is 5.77. The zero-order valence-corrected chi connectivity index (χ0v) is 13.3. The minimum atomic E-state index is -3.80. The van der Waals surface area contributed by atoms with E-state index in [9.17, 15) is 16.8 Å². The summed E-state index contributed by atoms with van der Waals surface area (Å²) in [6.45, 7) is 0.0882. The topological polar surface area (TPSA) is 127 Å². The molecule has 1 fully saturated rings. The van der Waals surface area contributed by atoms with Gasteiger partial charge < -0.3 is 5.73 Å². The normalized spacial score (nSPS) is 18.8. The maximum Gasteiger partial charge on any atom is 0.276 e. The third kappa shape index (κ3) is 3.47. The SMILES string of the molecule is Nc1cc(S(=O)(=O)N2CCN(S(N)(=O)=O)CC2)ccc1Cl. The van der Waals surface area contributed by atoms with Crippen molar-refractivity contribution in [3.63, 3.8) is 0 Å². The van der Waals surface area contributed by atoms with Crippen molar-refractivity contribution >= 4 is 37.5 Å². The van der Waals surface area contributed by atoms with Crippen LogP contribution in [0.5, 0.6) is 0 Å². The van der Waals surface area contributed by atoms with Crippen LogP contribution >= 0.6 is 11.6 Å². The Bertz CT molecular complexity index is 742. The van der Waals surface area contributed by atoms with Crippen molar-refractivity contribution in [2.75, 3.05) is 31.9 Å². The highest BCUT2D eigenvalue weighted by molar-refractivity contribution is 7.89. The first kappa shape index (κ1) is 16.5. The van der Waals surface area contributed by atoms with E-state index < -0.39 is 20.2 Å². The van der Waals surface area contributed by atoms with Gasteiger partial charge in [-0.05, 0) is 18.2 Å². The van der Waals surface area contributed by atoms with E-state index in [0.717, 1.165) is 4.31 Å². The van der Waals surface area contributed by atoms with E-state index in [-0.39, 0.29) is 41.8 Å². The Labute approximate surface area is 128 Å². The molecule has 1 heterocycles. The van der Waals surface area contributed by atoms with Crippen molar-refractivity contribution in [3.05, 3.63) is 23.2 Å². The van der Waals surface area contributed by atoms with Crippen LogP contribution in [0.3, 0.4) is 0 Å². The molecule has 11 heteroatoms. The Kier molecular flexibility index (Phi) is 4.47. The fraction of sp³-hybridized carbons (Fsp3) is 0.400. The molecule has 21 heavy (non-hydrogen) atoms. The molecule has 118 valence electrons. The molecule has 0 atom stereocenters. The van der Waals surface area contributed by atoms with E-state index >= 15 is 0 Å². The van der Waals surface area contributed by atoms with E-state index in [4.69, 9.17) is 22.5 Å². The van der Waals surface area contributed by atoms with E-state index in [0.29, 0.717) is 0 Å². The fourth-order valence-electron chi connectivity index (χ4n) is 2.00. The summed E-state index contributed by atoms with van der Waals surface area (Å²) in [6, 6.07) is 4.05. The summed E-state index contributed by atoms with van der Waals surface area (Å²) >= 11 is 5.77. The average Bonchev–Trinajstić information content (AvgIpc) is 2.41. The Morgan fingerprint density at radius 3 is 2.00 bits per heavy atom. The molecule has 8 nitrogen and oxygen atoms in total. The highest BCUT2D eigenvalue weighted by Gasteiger charge is 2.31. The summed E-state index contributed by atoms with van der Waals surface area (Å²) in [6.07, 6.45) is 0. The van der Waals surface area contributed by atoms with Crippen molar-refractivity contribution in [1.82, 2.24) is 8.61 Å². The molecular weight excluding hydrogens is 340 g/mol. The first-order valence-corrected chi connectivity index (χ1v) is 9.27. The zero-order chi connectivity index (χ0) is 15.8. The lowest BCUT2D eigenvalue weighted by molar-refractivity contribution is 0.273. The standard InChI is InChI=1S/C10H15ClN4O4S2/c11-9-2-1-8(7-10(9)12)20(16,17)14-3-5-15(6-4-14)21(13,18)19/h1-2,7H,3-6,12H2,(H2,13,18,19). The lowest BCUT2D eigenvalue weighted by Gasteiger charge is -2.32. The molecule has 1 saturated heterocycles. The number of halogens is 1. The molecular formula is C10H15ClN4O4S2. The third-order valence-electron chi connectivity index (χ3n) is 3.16. The molecule has 0 radical (unpaired) electrons. The largest absolute Gasteiger partial charge is 0.397 e. The van der Waals surface area contributed by atoms with Crippen LogP contribution in [0.2, 0.25) is 5.02 Å². The van der Waals surface area contributed by atoms with Crippen LogP contribution < -0.4 is 10.9 Å². The zero-order valence-electron chi connectivity index (χ0n) is 10.9. The Hall–Kier alpha value is -0.910. The van der Waals surface area contributed by atoms with Crippen LogP contribution in [0.25, 0.3) is 0 Å². The van der Waals surface area contributed by atoms with Gasteiger partial charge in [0.2, 0.25) is 10.0 Å². The second-order valence-corrected chi connectivity index (χ2v) is 8.42. The molecule has 1 aliphatic heterocycles. The number of benzene rings is 1. The summed E-state index contributed by atoms with van der Waals surface area (Å²) in [4.78, 5) is 0.0217. The summed E-state index contributed by atoms with van der Waals surface area (Å²) in [7, 11) is -7.54. The lowest BCUT2D eigenvalue weighted by Crippen LogP contribution is -2.52. The van der Waals surface area contributed by atoms with Gasteiger partial charge in [-0.2, -0.15) is 17.0 Å². The van der Waals surface area contributed by atoms with Gasteiger partial charge >= 0.3 is 0 Å². The number of nitrogens with zero attached hydrogens (tertiary/aromatic N) is 2. The highest BCUT2D eigenvalue weighted by atomic mass is 35.5. The van der Waals surface area contributed by atoms with E-state index in [1.165, 1.54) is 22.5 Å². The van der Waals surface area contributed by atoms with Crippen LogP contribution in [-0.4, -0.2) is 51.6 Å². The average molecular weight is 355 g/mol. The molecule has 0 bridgehead atoms. The maximum absolute atomic E-state index is 12.4. The maximum atomic E-state index is 12.4. The second-order valence-electron chi connectivity index (χ2n) is 4.53. The summed E-state index contributed by atoms with van der Waals surface area (Å²) < 4.78 is 49.5. The first-order chi connectivity index (χ1) is 9.62.